The minimum Gasteiger partial charge on any atom is -0.492 e. The lowest BCUT2D eigenvalue weighted by atomic mass is 10.1. The van der Waals surface area contributed by atoms with Gasteiger partial charge in [-0.1, -0.05) is 32.1 Å². The van der Waals surface area contributed by atoms with Crippen LogP contribution in [0.2, 0.25) is 0 Å². The standard InChI is InChI=1S/C18H27NO4/c1-14(2)23-18(20)16-15-10-11-19-17(16)22-13-9-7-5-3-4-6-8-12-21-15/h10-11,14H,3-9,12-13H2,1-2H3. The fourth-order valence-corrected chi connectivity index (χ4v) is 2.56. The van der Waals surface area contributed by atoms with E-state index in [-0.39, 0.29) is 6.10 Å². The maximum Gasteiger partial charge on any atom is 0.347 e. The molecule has 2 rings (SSSR count). The van der Waals surface area contributed by atoms with Crippen molar-refractivity contribution >= 4 is 5.97 Å². The molecule has 0 saturated carbocycles. The predicted molar refractivity (Wildman–Crippen MR) is 88.1 cm³/mol. The van der Waals surface area contributed by atoms with Crippen molar-refractivity contribution in [2.75, 3.05) is 13.2 Å². The Labute approximate surface area is 138 Å². The Hall–Kier alpha value is -1.78. The molecular weight excluding hydrogens is 294 g/mol. The molecule has 2 bridgehead atoms. The maximum atomic E-state index is 12.4. The summed E-state index contributed by atoms with van der Waals surface area (Å²) in [6, 6.07) is 1.70. The van der Waals surface area contributed by atoms with Crippen molar-refractivity contribution in [3.8, 4) is 11.6 Å². The molecule has 0 aromatic carbocycles. The molecule has 0 N–H and O–H groups in total. The summed E-state index contributed by atoms with van der Waals surface area (Å²) in [6.45, 7) is 4.78. The molecule has 0 radical (unpaired) electrons. The molecule has 2 heterocycles. The van der Waals surface area contributed by atoms with E-state index in [2.05, 4.69) is 4.98 Å². The zero-order valence-electron chi connectivity index (χ0n) is 14.2. The molecule has 0 fully saturated rings. The zero-order valence-corrected chi connectivity index (χ0v) is 14.2. The van der Waals surface area contributed by atoms with Crippen LogP contribution in [0.25, 0.3) is 0 Å². The number of rotatable bonds is 2. The molecule has 0 spiro atoms. The number of fused-ring (bicyclic) bond motifs is 2. The Balaban J connectivity index is 2.20. The van der Waals surface area contributed by atoms with Crippen molar-refractivity contribution < 1.29 is 19.0 Å². The molecule has 0 unspecified atom stereocenters. The van der Waals surface area contributed by atoms with Gasteiger partial charge < -0.3 is 14.2 Å². The summed E-state index contributed by atoms with van der Waals surface area (Å²) in [7, 11) is 0. The van der Waals surface area contributed by atoms with Crippen LogP contribution in [0.5, 0.6) is 11.6 Å². The molecule has 0 aliphatic carbocycles. The average Bonchev–Trinajstić information content (AvgIpc) is 2.51. The van der Waals surface area contributed by atoms with Gasteiger partial charge in [0.05, 0.1) is 19.3 Å². The van der Waals surface area contributed by atoms with E-state index in [0.717, 1.165) is 25.7 Å². The van der Waals surface area contributed by atoms with E-state index in [4.69, 9.17) is 14.2 Å². The molecule has 23 heavy (non-hydrogen) atoms. The third-order valence-electron chi connectivity index (χ3n) is 3.71. The minimum atomic E-state index is -0.440. The Morgan fingerprint density at radius 1 is 1.04 bits per heavy atom. The van der Waals surface area contributed by atoms with Gasteiger partial charge in [-0.05, 0) is 32.8 Å². The van der Waals surface area contributed by atoms with Gasteiger partial charge in [-0.15, -0.1) is 0 Å². The number of nitrogens with zero attached hydrogens (tertiary/aromatic N) is 1. The van der Waals surface area contributed by atoms with Gasteiger partial charge in [-0.25, -0.2) is 9.78 Å². The predicted octanol–water partition coefficient (Wildman–Crippen LogP) is 4.15. The second-order valence-electron chi connectivity index (χ2n) is 6.12. The van der Waals surface area contributed by atoms with Gasteiger partial charge in [0.2, 0.25) is 5.88 Å². The molecule has 0 saturated heterocycles. The number of pyridine rings is 1. The fourth-order valence-electron chi connectivity index (χ4n) is 2.56. The van der Waals surface area contributed by atoms with E-state index >= 15 is 0 Å². The number of carbonyl (C=O) groups is 1. The molecule has 128 valence electrons. The maximum absolute atomic E-state index is 12.4. The van der Waals surface area contributed by atoms with Crippen molar-refractivity contribution in [2.24, 2.45) is 0 Å². The topological polar surface area (TPSA) is 57.7 Å². The Morgan fingerprint density at radius 3 is 2.30 bits per heavy atom. The normalized spacial score (nSPS) is 16.8. The van der Waals surface area contributed by atoms with Crippen molar-refractivity contribution in [1.29, 1.82) is 0 Å². The van der Waals surface area contributed by atoms with Crippen molar-refractivity contribution in [3.63, 3.8) is 0 Å². The number of esters is 1. The summed E-state index contributed by atoms with van der Waals surface area (Å²) < 4.78 is 16.9. The number of aromatic nitrogens is 1. The Morgan fingerprint density at radius 2 is 1.65 bits per heavy atom. The second kappa shape index (κ2) is 9.38. The summed E-state index contributed by atoms with van der Waals surface area (Å²) in [5, 5.41) is 0. The van der Waals surface area contributed by atoms with Gasteiger partial charge in [0.1, 0.15) is 5.75 Å². The highest BCUT2D eigenvalue weighted by atomic mass is 16.5. The van der Waals surface area contributed by atoms with Crippen LogP contribution < -0.4 is 9.47 Å². The minimum absolute atomic E-state index is 0.200. The highest BCUT2D eigenvalue weighted by molar-refractivity contribution is 5.95. The van der Waals surface area contributed by atoms with Crippen LogP contribution in [-0.4, -0.2) is 30.3 Å². The Kier molecular flexibility index (Phi) is 7.17. The molecule has 5 nitrogen and oxygen atoms in total. The van der Waals surface area contributed by atoms with E-state index < -0.39 is 5.97 Å². The largest absolute Gasteiger partial charge is 0.492 e. The molecule has 1 aromatic heterocycles. The number of hydrogen-bond acceptors (Lipinski definition) is 5. The number of carbonyl (C=O) groups excluding carboxylic acids is 1. The molecule has 1 aliphatic rings. The summed E-state index contributed by atoms with van der Waals surface area (Å²) in [6.07, 6.45) is 9.37. The zero-order chi connectivity index (χ0) is 16.5. The van der Waals surface area contributed by atoms with Crippen LogP contribution in [0.15, 0.2) is 12.3 Å². The second-order valence-corrected chi connectivity index (χ2v) is 6.12. The van der Waals surface area contributed by atoms with Crippen molar-refractivity contribution in [1.82, 2.24) is 4.98 Å². The highest BCUT2D eigenvalue weighted by Gasteiger charge is 2.23. The first kappa shape index (κ1) is 17.6. The van der Waals surface area contributed by atoms with Crippen LogP contribution in [0.1, 0.15) is 69.2 Å². The first-order valence-corrected chi connectivity index (χ1v) is 8.64. The first-order valence-electron chi connectivity index (χ1n) is 8.64. The Bertz CT molecular complexity index is 472. The van der Waals surface area contributed by atoms with Gasteiger partial charge in [0.25, 0.3) is 0 Å². The lowest BCUT2D eigenvalue weighted by Crippen LogP contribution is -2.16. The fraction of sp³-hybridized carbons (Fsp3) is 0.667. The van der Waals surface area contributed by atoms with Crippen LogP contribution in [-0.2, 0) is 4.74 Å². The van der Waals surface area contributed by atoms with Crippen molar-refractivity contribution in [2.45, 2.75) is 64.9 Å². The van der Waals surface area contributed by atoms with Gasteiger partial charge in [0.15, 0.2) is 5.56 Å². The molecule has 1 aliphatic heterocycles. The van der Waals surface area contributed by atoms with Crippen LogP contribution >= 0.6 is 0 Å². The van der Waals surface area contributed by atoms with Gasteiger partial charge in [0, 0.05) is 6.20 Å². The monoisotopic (exact) mass is 321 g/mol. The SMILES string of the molecule is CC(C)OC(=O)c1c2ccnc1OCCCCCCCCCO2. The third kappa shape index (κ3) is 5.73. The van der Waals surface area contributed by atoms with E-state index in [1.807, 2.05) is 13.8 Å². The quantitative estimate of drug-likeness (QED) is 0.766. The summed E-state index contributed by atoms with van der Waals surface area (Å²) in [4.78, 5) is 16.6. The molecular formula is C18H27NO4. The van der Waals surface area contributed by atoms with E-state index in [0.29, 0.717) is 30.4 Å². The van der Waals surface area contributed by atoms with Gasteiger partial charge in [-0.3, -0.25) is 0 Å². The number of hydrogen-bond donors (Lipinski definition) is 0. The smallest absolute Gasteiger partial charge is 0.347 e. The van der Waals surface area contributed by atoms with Crippen LogP contribution in [0.3, 0.4) is 0 Å². The van der Waals surface area contributed by atoms with Crippen molar-refractivity contribution in [3.05, 3.63) is 17.8 Å². The van der Waals surface area contributed by atoms with E-state index in [1.54, 1.807) is 12.3 Å². The summed E-state index contributed by atoms with van der Waals surface area (Å²) in [5.74, 6) is 0.369. The van der Waals surface area contributed by atoms with Crippen LogP contribution in [0, 0.1) is 0 Å². The molecule has 0 amide bonds. The first-order chi connectivity index (χ1) is 11.2. The molecule has 5 heteroatoms. The average molecular weight is 321 g/mol. The lowest BCUT2D eigenvalue weighted by Gasteiger charge is -2.16. The lowest BCUT2D eigenvalue weighted by molar-refractivity contribution is 0.0367. The molecule has 1 aromatic rings. The third-order valence-corrected chi connectivity index (χ3v) is 3.71. The van der Waals surface area contributed by atoms with E-state index in [9.17, 15) is 4.79 Å². The molecule has 0 atom stereocenters. The van der Waals surface area contributed by atoms with E-state index in [1.165, 1.54) is 19.3 Å². The number of ether oxygens (including phenoxy) is 3. The summed E-state index contributed by atoms with van der Waals surface area (Å²) >= 11 is 0. The van der Waals surface area contributed by atoms with Gasteiger partial charge >= 0.3 is 5.97 Å². The van der Waals surface area contributed by atoms with Crippen LogP contribution in [0.4, 0.5) is 0 Å². The van der Waals surface area contributed by atoms with Gasteiger partial charge in [-0.2, -0.15) is 0 Å². The summed E-state index contributed by atoms with van der Waals surface area (Å²) in [5.41, 5.74) is 0.304. The highest BCUT2D eigenvalue weighted by Crippen LogP contribution is 2.28.